The van der Waals surface area contributed by atoms with E-state index in [0.29, 0.717) is 6.61 Å². The fourth-order valence-electron chi connectivity index (χ4n) is 1.88. The first kappa shape index (κ1) is 12.7. The van der Waals surface area contributed by atoms with E-state index in [1.54, 1.807) is 6.26 Å². The first-order valence-corrected chi connectivity index (χ1v) is 6.19. The molecule has 0 spiro atoms. The van der Waals surface area contributed by atoms with E-state index < -0.39 is 0 Å². The van der Waals surface area contributed by atoms with E-state index in [0.717, 1.165) is 24.6 Å². The Hall–Kier alpha value is -1.74. The Kier molecular flexibility index (Phi) is 4.42. The van der Waals surface area contributed by atoms with Crippen molar-refractivity contribution in [2.75, 3.05) is 13.2 Å². The summed E-state index contributed by atoms with van der Waals surface area (Å²) in [6.07, 6.45) is 1.68. The predicted octanol–water partition coefficient (Wildman–Crippen LogP) is 3.07. The Morgan fingerprint density at radius 3 is 2.56 bits per heavy atom. The van der Waals surface area contributed by atoms with Crippen molar-refractivity contribution in [2.45, 2.75) is 20.4 Å². The fourth-order valence-corrected chi connectivity index (χ4v) is 1.88. The second-order valence-electron chi connectivity index (χ2n) is 4.33. The molecule has 0 radical (unpaired) electrons. The van der Waals surface area contributed by atoms with Crippen LogP contribution in [0.2, 0.25) is 0 Å². The molecular weight excluding hydrogens is 226 g/mol. The van der Waals surface area contributed by atoms with E-state index in [9.17, 15) is 0 Å². The molecule has 2 aromatic rings. The number of benzene rings is 1. The highest BCUT2D eigenvalue weighted by Gasteiger charge is 2.02. The molecule has 2 rings (SSSR count). The van der Waals surface area contributed by atoms with Crippen LogP contribution < -0.4 is 10.1 Å². The molecule has 3 heteroatoms. The van der Waals surface area contributed by atoms with E-state index in [1.165, 1.54) is 11.1 Å². The van der Waals surface area contributed by atoms with Crippen LogP contribution in [-0.4, -0.2) is 13.2 Å². The van der Waals surface area contributed by atoms with Gasteiger partial charge >= 0.3 is 0 Å². The van der Waals surface area contributed by atoms with Crippen LogP contribution >= 0.6 is 0 Å². The molecule has 0 saturated heterocycles. The van der Waals surface area contributed by atoms with Gasteiger partial charge in [-0.05, 0) is 37.1 Å². The molecule has 1 heterocycles. The zero-order valence-electron chi connectivity index (χ0n) is 10.9. The smallest absolute Gasteiger partial charge is 0.125 e. The van der Waals surface area contributed by atoms with Crippen LogP contribution in [0.3, 0.4) is 0 Å². The van der Waals surface area contributed by atoms with Crippen molar-refractivity contribution >= 4 is 0 Å². The molecule has 0 saturated carbocycles. The lowest BCUT2D eigenvalue weighted by Crippen LogP contribution is -2.20. The fraction of sp³-hybridized carbons (Fsp3) is 0.333. The number of rotatable bonds is 6. The number of para-hydroxylation sites is 1. The van der Waals surface area contributed by atoms with Gasteiger partial charge in [0.15, 0.2) is 0 Å². The second kappa shape index (κ2) is 6.26. The molecular formula is C15H19NO2. The zero-order chi connectivity index (χ0) is 12.8. The molecule has 96 valence electrons. The van der Waals surface area contributed by atoms with Crippen LogP contribution in [0.4, 0.5) is 0 Å². The zero-order valence-corrected chi connectivity index (χ0v) is 10.9. The third-order valence-electron chi connectivity index (χ3n) is 2.81. The maximum absolute atomic E-state index is 5.79. The lowest BCUT2D eigenvalue weighted by Gasteiger charge is -2.12. The van der Waals surface area contributed by atoms with E-state index in [2.05, 4.69) is 31.3 Å². The Balaban J connectivity index is 1.72. The Morgan fingerprint density at radius 2 is 1.89 bits per heavy atom. The predicted molar refractivity (Wildman–Crippen MR) is 71.8 cm³/mol. The van der Waals surface area contributed by atoms with E-state index in [-0.39, 0.29) is 0 Å². The maximum atomic E-state index is 5.79. The number of hydrogen-bond acceptors (Lipinski definition) is 3. The minimum absolute atomic E-state index is 0.659. The normalized spacial score (nSPS) is 10.6. The average Bonchev–Trinajstić information content (AvgIpc) is 2.85. The van der Waals surface area contributed by atoms with Gasteiger partial charge in [0, 0.05) is 6.54 Å². The highest BCUT2D eigenvalue weighted by Crippen LogP contribution is 2.21. The van der Waals surface area contributed by atoms with Gasteiger partial charge < -0.3 is 14.5 Å². The summed E-state index contributed by atoms with van der Waals surface area (Å²) in [5.41, 5.74) is 2.36. The van der Waals surface area contributed by atoms with E-state index >= 15 is 0 Å². The molecule has 1 aromatic carbocycles. The van der Waals surface area contributed by atoms with Gasteiger partial charge in [0.2, 0.25) is 0 Å². The molecule has 0 amide bonds. The van der Waals surface area contributed by atoms with Gasteiger partial charge in [-0.25, -0.2) is 0 Å². The van der Waals surface area contributed by atoms with Crippen LogP contribution in [-0.2, 0) is 6.54 Å². The summed E-state index contributed by atoms with van der Waals surface area (Å²) in [7, 11) is 0. The summed E-state index contributed by atoms with van der Waals surface area (Å²) in [5.74, 6) is 1.94. The van der Waals surface area contributed by atoms with Crippen molar-refractivity contribution in [2.24, 2.45) is 0 Å². The lowest BCUT2D eigenvalue weighted by atomic mass is 10.1. The van der Waals surface area contributed by atoms with E-state index in [4.69, 9.17) is 9.15 Å². The van der Waals surface area contributed by atoms with Gasteiger partial charge in [-0.2, -0.15) is 0 Å². The topological polar surface area (TPSA) is 34.4 Å². The van der Waals surface area contributed by atoms with Crippen molar-refractivity contribution < 1.29 is 9.15 Å². The Morgan fingerprint density at radius 1 is 1.11 bits per heavy atom. The summed E-state index contributed by atoms with van der Waals surface area (Å²) in [5, 5.41) is 3.28. The third kappa shape index (κ3) is 3.37. The molecule has 1 N–H and O–H groups in total. The molecule has 0 bridgehead atoms. The summed E-state index contributed by atoms with van der Waals surface area (Å²) in [6.45, 7) is 6.33. The van der Waals surface area contributed by atoms with Crippen molar-refractivity contribution in [3.05, 3.63) is 53.5 Å². The molecule has 0 aliphatic rings. The summed E-state index contributed by atoms with van der Waals surface area (Å²) >= 11 is 0. The number of furan rings is 1. The van der Waals surface area contributed by atoms with Gasteiger partial charge in [-0.15, -0.1) is 0 Å². The van der Waals surface area contributed by atoms with Crippen LogP contribution in [0, 0.1) is 13.8 Å². The highest BCUT2D eigenvalue weighted by atomic mass is 16.5. The van der Waals surface area contributed by atoms with Crippen molar-refractivity contribution in [1.82, 2.24) is 5.32 Å². The van der Waals surface area contributed by atoms with Gasteiger partial charge in [0.05, 0.1) is 12.8 Å². The minimum Gasteiger partial charge on any atom is -0.492 e. The number of hydrogen-bond donors (Lipinski definition) is 1. The molecule has 0 unspecified atom stereocenters. The number of ether oxygens (including phenoxy) is 1. The first-order chi connectivity index (χ1) is 8.77. The second-order valence-corrected chi connectivity index (χ2v) is 4.33. The van der Waals surface area contributed by atoms with Crippen molar-refractivity contribution in [3.63, 3.8) is 0 Å². The Bertz CT molecular complexity index is 457. The molecule has 0 fully saturated rings. The number of nitrogens with one attached hydrogen (secondary N) is 1. The average molecular weight is 245 g/mol. The SMILES string of the molecule is Cc1cccc(C)c1OCCNCc1ccco1. The molecule has 0 aliphatic heterocycles. The number of aryl methyl sites for hydroxylation is 2. The summed E-state index contributed by atoms with van der Waals surface area (Å²) < 4.78 is 11.0. The molecule has 0 atom stereocenters. The standard InChI is InChI=1S/C15H19NO2/c1-12-5-3-6-13(2)15(12)18-10-8-16-11-14-7-4-9-17-14/h3-7,9,16H,8,10-11H2,1-2H3. The summed E-state index contributed by atoms with van der Waals surface area (Å²) in [4.78, 5) is 0. The van der Waals surface area contributed by atoms with Gasteiger partial charge in [0.1, 0.15) is 18.1 Å². The molecule has 1 aromatic heterocycles. The van der Waals surface area contributed by atoms with Crippen LogP contribution in [0.25, 0.3) is 0 Å². The molecule has 0 aliphatic carbocycles. The van der Waals surface area contributed by atoms with Crippen molar-refractivity contribution in [1.29, 1.82) is 0 Å². The lowest BCUT2D eigenvalue weighted by molar-refractivity contribution is 0.307. The van der Waals surface area contributed by atoms with Crippen LogP contribution in [0.15, 0.2) is 41.0 Å². The Labute approximate surface area is 108 Å². The molecule has 3 nitrogen and oxygen atoms in total. The maximum Gasteiger partial charge on any atom is 0.125 e. The highest BCUT2D eigenvalue weighted by molar-refractivity contribution is 5.39. The largest absolute Gasteiger partial charge is 0.492 e. The van der Waals surface area contributed by atoms with Gasteiger partial charge in [-0.1, -0.05) is 18.2 Å². The van der Waals surface area contributed by atoms with Crippen LogP contribution in [0.1, 0.15) is 16.9 Å². The van der Waals surface area contributed by atoms with Gasteiger partial charge in [0.25, 0.3) is 0 Å². The summed E-state index contributed by atoms with van der Waals surface area (Å²) in [6, 6.07) is 10.0. The first-order valence-electron chi connectivity index (χ1n) is 6.19. The monoisotopic (exact) mass is 245 g/mol. The third-order valence-corrected chi connectivity index (χ3v) is 2.81. The van der Waals surface area contributed by atoms with Gasteiger partial charge in [-0.3, -0.25) is 0 Å². The molecule has 18 heavy (non-hydrogen) atoms. The van der Waals surface area contributed by atoms with Crippen LogP contribution in [0.5, 0.6) is 5.75 Å². The van der Waals surface area contributed by atoms with Crippen molar-refractivity contribution in [3.8, 4) is 5.75 Å². The quantitative estimate of drug-likeness (QED) is 0.794. The van der Waals surface area contributed by atoms with E-state index in [1.807, 2.05) is 18.2 Å². The minimum atomic E-state index is 0.659.